The summed E-state index contributed by atoms with van der Waals surface area (Å²) in [6.07, 6.45) is 0. The SMILES string of the molecule is NCc1cc(-c2cc(CO)c(=O)n(Cc3ccc(Cl)cc3)n2)ccc1F. The molecular formula is C19H17ClFN3O2. The van der Waals surface area contributed by atoms with E-state index in [2.05, 4.69) is 5.10 Å². The zero-order chi connectivity index (χ0) is 18.7. The van der Waals surface area contributed by atoms with Crippen molar-refractivity contribution in [3.8, 4) is 11.3 Å². The second-order valence-corrected chi connectivity index (χ2v) is 6.25. The molecule has 0 atom stereocenters. The van der Waals surface area contributed by atoms with Crippen LogP contribution in [0.4, 0.5) is 4.39 Å². The highest BCUT2D eigenvalue weighted by Crippen LogP contribution is 2.20. The Morgan fingerprint density at radius 2 is 1.85 bits per heavy atom. The maximum Gasteiger partial charge on any atom is 0.272 e. The fourth-order valence-electron chi connectivity index (χ4n) is 2.61. The molecule has 0 aliphatic heterocycles. The van der Waals surface area contributed by atoms with Crippen LogP contribution in [0.15, 0.2) is 53.3 Å². The Hall–Kier alpha value is -2.54. The molecule has 5 nitrogen and oxygen atoms in total. The number of hydrogen-bond donors (Lipinski definition) is 2. The number of halogens is 2. The molecule has 7 heteroatoms. The Balaban J connectivity index is 2.07. The third kappa shape index (κ3) is 3.83. The fourth-order valence-corrected chi connectivity index (χ4v) is 2.74. The number of nitrogens with zero attached hydrogens (tertiary/aromatic N) is 2. The van der Waals surface area contributed by atoms with Crippen LogP contribution in [0.2, 0.25) is 5.02 Å². The van der Waals surface area contributed by atoms with E-state index in [-0.39, 0.29) is 24.2 Å². The van der Waals surface area contributed by atoms with Crippen molar-refractivity contribution in [1.29, 1.82) is 0 Å². The van der Waals surface area contributed by atoms with Crippen LogP contribution in [0, 0.1) is 5.82 Å². The van der Waals surface area contributed by atoms with E-state index in [0.717, 1.165) is 5.56 Å². The van der Waals surface area contributed by atoms with Gasteiger partial charge < -0.3 is 10.8 Å². The molecule has 3 N–H and O–H groups in total. The van der Waals surface area contributed by atoms with Gasteiger partial charge in [-0.1, -0.05) is 23.7 Å². The third-order valence-electron chi connectivity index (χ3n) is 4.03. The molecule has 0 aliphatic carbocycles. The Labute approximate surface area is 154 Å². The summed E-state index contributed by atoms with van der Waals surface area (Å²) in [4.78, 5) is 12.5. The van der Waals surface area contributed by atoms with Crippen molar-refractivity contribution < 1.29 is 9.50 Å². The van der Waals surface area contributed by atoms with Crippen LogP contribution in [0.1, 0.15) is 16.7 Å². The first-order valence-corrected chi connectivity index (χ1v) is 8.35. The lowest BCUT2D eigenvalue weighted by Gasteiger charge is -2.11. The summed E-state index contributed by atoms with van der Waals surface area (Å²) in [5, 5.41) is 14.5. The Morgan fingerprint density at radius 1 is 1.12 bits per heavy atom. The Bertz CT molecular complexity index is 987. The first-order valence-electron chi connectivity index (χ1n) is 7.97. The molecule has 3 aromatic rings. The lowest BCUT2D eigenvalue weighted by atomic mass is 10.1. The summed E-state index contributed by atoms with van der Waals surface area (Å²) in [5.41, 5.74) is 7.65. The molecule has 0 fully saturated rings. The summed E-state index contributed by atoms with van der Waals surface area (Å²) in [5.74, 6) is -0.395. The lowest BCUT2D eigenvalue weighted by molar-refractivity contribution is 0.278. The minimum absolute atomic E-state index is 0.0525. The maximum atomic E-state index is 13.7. The summed E-state index contributed by atoms with van der Waals surface area (Å²) in [6, 6.07) is 13.0. The minimum atomic E-state index is -0.417. The van der Waals surface area contributed by atoms with Crippen LogP contribution < -0.4 is 11.3 Å². The van der Waals surface area contributed by atoms with Gasteiger partial charge in [0.25, 0.3) is 5.56 Å². The molecule has 134 valence electrons. The average Bonchev–Trinajstić information content (AvgIpc) is 2.65. The van der Waals surface area contributed by atoms with Crippen LogP contribution in [0.5, 0.6) is 0 Å². The molecule has 2 aromatic carbocycles. The monoisotopic (exact) mass is 373 g/mol. The zero-order valence-corrected chi connectivity index (χ0v) is 14.6. The number of benzene rings is 2. The van der Waals surface area contributed by atoms with Crippen LogP contribution in [0.3, 0.4) is 0 Å². The van der Waals surface area contributed by atoms with E-state index in [0.29, 0.717) is 21.8 Å². The van der Waals surface area contributed by atoms with E-state index in [9.17, 15) is 14.3 Å². The number of aliphatic hydroxyl groups is 1. The highest BCUT2D eigenvalue weighted by atomic mass is 35.5. The second kappa shape index (κ2) is 7.78. The van der Waals surface area contributed by atoms with E-state index in [1.807, 2.05) is 0 Å². The first kappa shape index (κ1) is 18.3. The van der Waals surface area contributed by atoms with Gasteiger partial charge in [-0.3, -0.25) is 4.79 Å². The van der Waals surface area contributed by atoms with Gasteiger partial charge in [-0.2, -0.15) is 5.10 Å². The molecule has 0 spiro atoms. The summed E-state index contributed by atoms with van der Waals surface area (Å²) in [6.45, 7) is -0.140. The van der Waals surface area contributed by atoms with Gasteiger partial charge in [-0.05, 0) is 42.0 Å². The number of hydrogen-bond acceptors (Lipinski definition) is 4. The number of rotatable bonds is 5. The summed E-state index contributed by atoms with van der Waals surface area (Å²) in [7, 11) is 0. The normalized spacial score (nSPS) is 10.9. The summed E-state index contributed by atoms with van der Waals surface area (Å²) < 4.78 is 15.0. The predicted molar refractivity (Wildman–Crippen MR) is 98.3 cm³/mol. The van der Waals surface area contributed by atoms with Crippen LogP contribution >= 0.6 is 11.6 Å². The number of aliphatic hydroxyl groups excluding tert-OH is 1. The van der Waals surface area contributed by atoms with Gasteiger partial charge in [-0.15, -0.1) is 0 Å². The van der Waals surface area contributed by atoms with E-state index in [4.69, 9.17) is 17.3 Å². The number of aromatic nitrogens is 2. The molecule has 26 heavy (non-hydrogen) atoms. The van der Waals surface area contributed by atoms with Gasteiger partial charge in [0.15, 0.2) is 0 Å². The first-order chi connectivity index (χ1) is 12.5. The van der Waals surface area contributed by atoms with Gasteiger partial charge in [0.1, 0.15) is 5.82 Å². The molecular weight excluding hydrogens is 357 g/mol. The number of nitrogens with two attached hydrogens (primary N) is 1. The quantitative estimate of drug-likeness (QED) is 0.720. The topological polar surface area (TPSA) is 81.1 Å². The zero-order valence-electron chi connectivity index (χ0n) is 13.8. The van der Waals surface area contributed by atoms with Crippen LogP contribution in [-0.4, -0.2) is 14.9 Å². The van der Waals surface area contributed by atoms with Crippen molar-refractivity contribution in [1.82, 2.24) is 9.78 Å². The highest BCUT2D eigenvalue weighted by Gasteiger charge is 2.12. The van der Waals surface area contributed by atoms with E-state index < -0.39 is 12.4 Å². The van der Waals surface area contributed by atoms with Crippen molar-refractivity contribution in [3.63, 3.8) is 0 Å². The second-order valence-electron chi connectivity index (χ2n) is 5.81. The Morgan fingerprint density at radius 3 is 2.50 bits per heavy atom. The minimum Gasteiger partial charge on any atom is -0.391 e. The molecule has 0 amide bonds. The molecule has 0 aliphatic rings. The largest absolute Gasteiger partial charge is 0.391 e. The molecule has 0 radical (unpaired) electrons. The molecule has 1 aromatic heterocycles. The average molecular weight is 374 g/mol. The standard InChI is InChI=1S/C19H17ClFN3O2/c20-16-4-1-12(2-5-16)10-24-19(26)15(11-25)8-18(23-24)13-3-6-17(21)14(7-13)9-22/h1-8,25H,9-11,22H2. The van der Waals surface area contributed by atoms with E-state index in [1.165, 1.54) is 16.8 Å². The van der Waals surface area contributed by atoms with Gasteiger partial charge >= 0.3 is 0 Å². The summed E-state index contributed by atoms with van der Waals surface area (Å²) >= 11 is 5.88. The third-order valence-corrected chi connectivity index (χ3v) is 4.28. The van der Waals surface area contributed by atoms with Gasteiger partial charge in [-0.25, -0.2) is 9.07 Å². The van der Waals surface area contributed by atoms with Gasteiger partial charge in [0.2, 0.25) is 0 Å². The van der Waals surface area contributed by atoms with E-state index >= 15 is 0 Å². The van der Waals surface area contributed by atoms with Gasteiger partial charge in [0, 0.05) is 28.3 Å². The molecule has 0 saturated carbocycles. The predicted octanol–water partition coefficient (Wildman–Crippen LogP) is 2.70. The van der Waals surface area contributed by atoms with Crippen molar-refractivity contribution >= 4 is 11.6 Å². The van der Waals surface area contributed by atoms with Crippen molar-refractivity contribution in [3.05, 3.63) is 86.4 Å². The molecule has 0 unspecified atom stereocenters. The molecule has 1 heterocycles. The lowest BCUT2D eigenvalue weighted by Crippen LogP contribution is -2.27. The Kier molecular flexibility index (Phi) is 5.46. The van der Waals surface area contributed by atoms with E-state index in [1.54, 1.807) is 36.4 Å². The van der Waals surface area contributed by atoms with Crippen molar-refractivity contribution in [2.75, 3.05) is 0 Å². The highest BCUT2D eigenvalue weighted by molar-refractivity contribution is 6.30. The molecule has 0 bridgehead atoms. The fraction of sp³-hybridized carbons (Fsp3) is 0.158. The van der Waals surface area contributed by atoms with Crippen molar-refractivity contribution in [2.24, 2.45) is 5.73 Å². The smallest absolute Gasteiger partial charge is 0.272 e. The maximum absolute atomic E-state index is 13.7. The van der Waals surface area contributed by atoms with Crippen molar-refractivity contribution in [2.45, 2.75) is 19.7 Å². The van der Waals surface area contributed by atoms with Crippen LogP contribution in [0.25, 0.3) is 11.3 Å². The molecule has 0 saturated heterocycles. The van der Waals surface area contributed by atoms with Crippen LogP contribution in [-0.2, 0) is 19.7 Å². The molecule has 3 rings (SSSR count). The van der Waals surface area contributed by atoms with Gasteiger partial charge in [0.05, 0.1) is 18.8 Å².